The number of nitrogens with one attached hydrogen (secondary N) is 1. The fourth-order valence-corrected chi connectivity index (χ4v) is 1.85. The van der Waals surface area contributed by atoms with Crippen molar-refractivity contribution in [3.05, 3.63) is 36.5 Å². The Labute approximate surface area is 123 Å². The van der Waals surface area contributed by atoms with Gasteiger partial charge in [-0.15, -0.1) is 0 Å². The average molecular weight is 289 g/mol. The monoisotopic (exact) mass is 289 g/mol. The molecule has 0 spiro atoms. The van der Waals surface area contributed by atoms with Crippen LogP contribution in [0.4, 0.5) is 23.1 Å². The highest BCUT2D eigenvalue weighted by Crippen LogP contribution is 2.22. The summed E-state index contributed by atoms with van der Waals surface area (Å²) in [5.41, 5.74) is 7.17. The Kier molecular flexibility index (Phi) is 5.30. The highest BCUT2D eigenvalue weighted by molar-refractivity contribution is 5.69. The Morgan fingerprint density at radius 2 is 1.76 bits per heavy atom. The van der Waals surface area contributed by atoms with Gasteiger partial charge in [0.1, 0.15) is 0 Å². The van der Waals surface area contributed by atoms with Crippen LogP contribution >= 0.6 is 0 Å². The van der Waals surface area contributed by atoms with Crippen LogP contribution in [0.1, 0.15) is 0 Å². The van der Waals surface area contributed by atoms with Crippen LogP contribution in [0.5, 0.6) is 0 Å². The number of aliphatic hydroxyl groups is 2. The lowest BCUT2D eigenvalue weighted by Gasteiger charge is -2.21. The van der Waals surface area contributed by atoms with Gasteiger partial charge in [0.05, 0.1) is 25.1 Å². The summed E-state index contributed by atoms with van der Waals surface area (Å²) in [6.07, 6.45) is 1.51. The van der Waals surface area contributed by atoms with E-state index in [1.807, 2.05) is 30.3 Å². The zero-order valence-corrected chi connectivity index (χ0v) is 11.6. The lowest BCUT2D eigenvalue weighted by molar-refractivity contribution is 0.280. The molecule has 2 aromatic rings. The first-order valence-electron chi connectivity index (χ1n) is 6.66. The predicted molar refractivity (Wildman–Crippen MR) is 82.6 cm³/mol. The summed E-state index contributed by atoms with van der Waals surface area (Å²) in [7, 11) is 0. The lowest BCUT2D eigenvalue weighted by Crippen LogP contribution is -2.31. The molecule has 0 radical (unpaired) electrons. The minimum absolute atomic E-state index is 0.0464. The molecule has 0 saturated carbocycles. The van der Waals surface area contributed by atoms with Crippen molar-refractivity contribution < 1.29 is 10.2 Å². The van der Waals surface area contributed by atoms with E-state index in [0.29, 0.717) is 30.5 Å². The van der Waals surface area contributed by atoms with Gasteiger partial charge in [0.15, 0.2) is 5.82 Å². The number of nitrogen functional groups attached to an aromatic ring is 1. The molecule has 0 saturated heterocycles. The predicted octanol–water partition coefficient (Wildman–Crippen LogP) is 0.593. The van der Waals surface area contributed by atoms with Gasteiger partial charge in [-0.3, -0.25) is 0 Å². The van der Waals surface area contributed by atoms with E-state index in [-0.39, 0.29) is 13.2 Å². The third-order valence-electron chi connectivity index (χ3n) is 2.86. The largest absolute Gasteiger partial charge is 0.395 e. The molecule has 0 bridgehead atoms. The molecular weight excluding hydrogens is 270 g/mol. The Morgan fingerprint density at radius 3 is 2.38 bits per heavy atom. The molecule has 1 aromatic carbocycles. The molecular formula is C14H19N5O2. The average Bonchev–Trinajstić information content (AvgIpc) is 2.50. The van der Waals surface area contributed by atoms with Gasteiger partial charge in [0.2, 0.25) is 5.95 Å². The van der Waals surface area contributed by atoms with E-state index in [0.717, 1.165) is 5.69 Å². The molecule has 112 valence electrons. The van der Waals surface area contributed by atoms with Crippen molar-refractivity contribution in [3.8, 4) is 0 Å². The molecule has 7 heteroatoms. The Hall–Kier alpha value is -2.38. The summed E-state index contributed by atoms with van der Waals surface area (Å²) in [5.74, 6) is 0.901. The van der Waals surface area contributed by atoms with E-state index < -0.39 is 0 Å². The summed E-state index contributed by atoms with van der Waals surface area (Å²) >= 11 is 0. The standard InChI is InChI=1S/C14H19N5O2/c15-12-10-16-14(19(6-8-20)7-9-21)18-13(12)17-11-4-2-1-3-5-11/h1-5,10,20-21H,6-9,15H2,(H,16,17,18). The van der Waals surface area contributed by atoms with Crippen LogP contribution in [0, 0.1) is 0 Å². The molecule has 0 aliphatic rings. The van der Waals surface area contributed by atoms with E-state index >= 15 is 0 Å². The molecule has 1 aromatic heterocycles. The molecule has 7 nitrogen and oxygen atoms in total. The van der Waals surface area contributed by atoms with Crippen LogP contribution in [0.25, 0.3) is 0 Å². The minimum Gasteiger partial charge on any atom is -0.395 e. The second kappa shape index (κ2) is 7.41. The fourth-order valence-electron chi connectivity index (χ4n) is 1.85. The molecule has 0 atom stereocenters. The maximum atomic E-state index is 9.06. The van der Waals surface area contributed by atoms with Crippen LogP contribution in [0.15, 0.2) is 36.5 Å². The maximum absolute atomic E-state index is 9.06. The molecule has 2 rings (SSSR count). The van der Waals surface area contributed by atoms with E-state index in [2.05, 4.69) is 15.3 Å². The summed E-state index contributed by atoms with van der Waals surface area (Å²) in [6, 6.07) is 9.54. The van der Waals surface area contributed by atoms with Crippen LogP contribution in [-0.4, -0.2) is 46.5 Å². The van der Waals surface area contributed by atoms with Crippen LogP contribution in [-0.2, 0) is 0 Å². The number of rotatable bonds is 7. The number of hydrogen-bond donors (Lipinski definition) is 4. The van der Waals surface area contributed by atoms with Crippen molar-refractivity contribution in [2.45, 2.75) is 0 Å². The Balaban J connectivity index is 2.23. The van der Waals surface area contributed by atoms with Gasteiger partial charge in [-0.2, -0.15) is 4.98 Å². The van der Waals surface area contributed by atoms with E-state index in [9.17, 15) is 0 Å². The van der Waals surface area contributed by atoms with E-state index in [1.54, 1.807) is 4.90 Å². The zero-order valence-electron chi connectivity index (χ0n) is 11.6. The summed E-state index contributed by atoms with van der Waals surface area (Å²) < 4.78 is 0. The third-order valence-corrected chi connectivity index (χ3v) is 2.86. The zero-order chi connectivity index (χ0) is 15.1. The fraction of sp³-hybridized carbons (Fsp3) is 0.286. The van der Waals surface area contributed by atoms with E-state index in [1.165, 1.54) is 6.20 Å². The second-order valence-electron chi connectivity index (χ2n) is 4.40. The molecule has 5 N–H and O–H groups in total. The topological polar surface area (TPSA) is 108 Å². The van der Waals surface area contributed by atoms with Crippen LogP contribution in [0.3, 0.4) is 0 Å². The molecule has 0 aliphatic heterocycles. The quantitative estimate of drug-likeness (QED) is 0.591. The maximum Gasteiger partial charge on any atom is 0.227 e. The number of para-hydroxylation sites is 1. The van der Waals surface area contributed by atoms with Crippen LogP contribution < -0.4 is 16.0 Å². The van der Waals surface area contributed by atoms with Gasteiger partial charge in [0.25, 0.3) is 0 Å². The summed E-state index contributed by atoms with van der Waals surface area (Å²) in [4.78, 5) is 10.2. The summed E-state index contributed by atoms with van der Waals surface area (Å²) in [6.45, 7) is 0.592. The molecule has 0 fully saturated rings. The van der Waals surface area contributed by atoms with Crippen LogP contribution in [0.2, 0.25) is 0 Å². The lowest BCUT2D eigenvalue weighted by atomic mass is 10.3. The van der Waals surface area contributed by atoms with Gasteiger partial charge < -0.3 is 26.2 Å². The molecule has 0 unspecified atom stereocenters. The van der Waals surface area contributed by atoms with Gasteiger partial charge in [0, 0.05) is 18.8 Å². The molecule has 21 heavy (non-hydrogen) atoms. The third kappa shape index (κ3) is 4.04. The van der Waals surface area contributed by atoms with Crippen molar-refractivity contribution in [2.24, 2.45) is 0 Å². The number of nitrogens with zero attached hydrogens (tertiary/aromatic N) is 3. The smallest absolute Gasteiger partial charge is 0.227 e. The number of anilines is 4. The summed E-state index contributed by atoms with van der Waals surface area (Å²) in [5, 5.41) is 21.3. The molecule has 0 amide bonds. The van der Waals surface area contributed by atoms with Crippen molar-refractivity contribution in [2.75, 3.05) is 42.3 Å². The molecule has 0 aliphatic carbocycles. The number of aromatic nitrogens is 2. The van der Waals surface area contributed by atoms with Gasteiger partial charge in [-0.25, -0.2) is 4.98 Å². The number of aliphatic hydroxyl groups excluding tert-OH is 2. The first-order chi connectivity index (χ1) is 10.2. The Morgan fingerprint density at radius 1 is 1.10 bits per heavy atom. The van der Waals surface area contributed by atoms with Gasteiger partial charge in [-0.05, 0) is 12.1 Å². The number of benzene rings is 1. The first kappa shape index (κ1) is 15.0. The number of hydrogen-bond acceptors (Lipinski definition) is 7. The Bertz CT molecular complexity index is 559. The van der Waals surface area contributed by atoms with Gasteiger partial charge in [-0.1, -0.05) is 18.2 Å². The first-order valence-corrected chi connectivity index (χ1v) is 6.66. The normalized spacial score (nSPS) is 10.4. The molecule has 1 heterocycles. The van der Waals surface area contributed by atoms with Crippen molar-refractivity contribution in [3.63, 3.8) is 0 Å². The van der Waals surface area contributed by atoms with E-state index in [4.69, 9.17) is 15.9 Å². The van der Waals surface area contributed by atoms with Gasteiger partial charge >= 0.3 is 0 Å². The van der Waals surface area contributed by atoms with Crippen molar-refractivity contribution >= 4 is 23.1 Å². The van der Waals surface area contributed by atoms with Crippen molar-refractivity contribution in [1.29, 1.82) is 0 Å². The SMILES string of the molecule is Nc1cnc(N(CCO)CCO)nc1Nc1ccccc1. The number of nitrogens with two attached hydrogens (primary N) is 1. The second-order valence-corrected chi connectivity index (χ2v) is 4.40. The highest BCUT2D eigenvalue weighted by atomic mass is 16.3. The minimum atomic E-state index is -0.0464. The highest BCUT2D eigenvalue weighted by Gasteiger charge is 2.11. The van der Waals surface area contributed by atoms with Crippen molar-refractivity contribution in [1.82, 2.24) is 9.97 Å².